The highest BCUT2D eigenvalue weighted by molar-refractivity contribution is 7.80. The molecule has 0 spiro atoms. The first kappa shape index (κ1) is 15.1. The molecule has 0 amide bonds. The van der Waals surface area contributed by atoms with Crippen molar-refractivity contribution >= 4 is 34.5 Å². The van der Waals surface area contributed by atoms with Crippen LogP contribution in [0.2, 0.25) is 0 Å². The van der Waals surface area contributed by atoms with Crippen LogP contribution in [-0.4, -0.2) is 10.9 Å². The number of carbonyl (C=O) groups is 1. The SMILES string of the molecule is CC(=O)c1cccc(NC(=S)Nc2ccc(F)cc2F)c1. The topological polar surface area (TPSA) is 41.1 Å². The fourth-order valence-corrected chi connectivity index (χ4v) is 1.92. The van der Waals surface area contributed by atoms with Crippen molar-refractivity contribution in [3.63, 3.8) is 0 Å². The predicted molar refractivity (Wildman–Crippen MR) is 82.6 cm³/mol. The van der Waals surface area contributed by atoms with Gasteiger partial charge in [-0.1, -0.05) is 12.1 Å². The minimum Gasteiger partial charge on any atom is -0.332 e. The lowest BCUT2D eigenvalue weighted by atomic mass is 10.1. The third-order valence-electron chi connectivity index (χ3n) is 2.71. The molecule has 0 radical (unpaired) electrons. The van der Waals surface area contributed by atoms with Crippen LogP contribution in [-0.2, 0) is 0 Å². The third-order valence-corrected chi connectivity index (χ3v) is 2.91. The molecule has 0 aliphatic heterocycles. The average molecular weight is 306 g/mol. The fraction of sp³-hybridized carbons (Fsp3) is 0.0667. The Hall–Kier alpha value is -2.34. The molecule has 0 saturated heterocycles. The summed E-state index contributed by atoms with van der Waals surface area (Å²) in [4.78, 5) is 11.3. The van der Waals surface area contributed by atoms with Crippen LogP contribution in [0.25, 0.3) is 0 Å². The van der Waals surface area contributed by atoms with Gasteiger partial charge in [0.1, 0.15) is 11.6 Å². The van der Waals surface area contributed by atoms with Crippen molar-refractivity contribution in [3.05, 3.63) is 59.7 Å². The van der Waals surface area contributed by atoms with Crippen molar-refractivity contribution in [2.24, 2.45) is 0 Å². The Kier molecular flexibility index (Phi) is 4.59. The number of hydrogen-bond donors (Lipinski definition) is 2. The van der Waals surface area contributed by atoms with Gasteiger partial charge in [0.2, 0.25) is 0 Å². The molecule has 0 aromatic heterocycles. The van der Waals surface area contributed by atoms with Crippen molar-refractivity contribution in [1.82, 2.24) is 0 Å². The van der Waals surface area contributed by atoms with E-state index >= 15 is 0 Å². The summed E-state index contributed by atoms with van der Waals surface area (Å²) in [5, 5.41) is 5.60. The maximum Gasteiger partial charge on any atom is 0.175 e. The third kappa shape index (κ3) is 4.06. The summed E-state index contributed by atoms with van der Waals surface area (Å²) in [7, 11) is 0. The molecule has 0 aliphatic rings. The highest BCUT2D eigenvalue weighted by Gasteiger charge is 2.06. The van der Waals surface area contributed by atoms with E-state index in [1.54, 1.807) is 24.3 Å². The van der Waals surface area contributed by atoms with Crippen molar-refractivity contribution < 1.29 is 13.6 Å². The van der Waals surface area contributed by atoms with Gasteiger partial charge >= 0.3 is 0 Å². The van der Waals surface area contributed by atoms with Gasteiger partial charge in [0.05, 0.1) is 5.69 Å². The number of Topliss-reactive ketones (excluding diaryl/α,β-unsaturated/α-hetero) is 1. The van der Waals surface area contributed by atoms with Gasteiger partial charge in [0.15, 0.2) is 10.9 Å². The number of hydrogen-bond acceptors (Lipinski definition) is 2. The largest absolute Gasteiger partial charge is 0.332 e. The van der Waals surface area contributed by atoms with Crippen LogP contribution in [0.5, 0.6) is 0 Å². The van der Waals surface area contributed by atoms with Gasteiger partial charge in [-0.05, 0) is 43.4 Å². The van der Waals surface area contributed by atoms with E-state index in [2.05, 4.69) is 10.6 Å². The Bertz CT molecular complexity index is 704. The van der Waals surface area contributed by atoms with E-state index in [4.69, 9.17) is 12.2 Å². The minimum atomic E-state index is -0.739. The Morgan fingerprint density at radius 1 is 1.10 bits per heavy atom. The Balaban J connectivity index is 2.08. The van der Waals surface area contributed by atoms with Crippen LogP contribution in [0.4, 0.5) is 20.2 Å². The summed E-state index contributed by atoms with van der Waals surface area (Å²) < 4.78 is 26.3. The quantitative estimate of drug-likeness (QED) is 0.665. The van der Waals surface area contributed by atoms with Crippen LogP contribution >= 0.6 is 12.2 Å². The second kappa shape index (κ2) is 6.41. The summed E-state index contributed by atoms with van der Waals surface area (Å²) in [6.07, 6.45) is 0. The lowest BCUT2D eigenvalue weighted by Gasteiger charge is -2.11. The Labute approximate surface area is 126 Å². The van der Waals surface area contributed by atoms with Gasteiger partial charge in [0.25, 0.3) is 0 Å². The smallest absolute Gasteiger partial charge is 0.175 e. The molecule has 21 heavy (non-hydrogen) atoms. The van der Waals surface area contributed by atoms with Gasteiger partial charge in [-0.3, -0.25) is 4.79 Å². The van der Waals surface area contributed by atoms with E-state index in [-0.39, 0.29) is 16.6 Å². The highest BCUT2D eigenvalue weighted by Crippen LogP contribution is 2.16. The Morgan fingerprint density at radius 3 is 2.52 bits per heavy atom. The summed E-state index contributed by atoms with van der Waals surface area (Å²) in [6.45, 7) is 1.46. The van der Waals surface area contributed by atoms with Gasteiger partial charge < -0.3 is 10.6 Å². The lowest BCUT2D eigenvalue weighted by Crippen LogP contribution is -2.20. The van der Waals surface area contributed by atoms with Gasteiger partial charge in [0, 0.05) is 17.3 Å². The normalized spacial score (nSPS) is 10.0. The van der Waals surface area contributed by atoms with E-state index < -0.39 is 11.6 Å². The molecule has 3 nitrogen and oxygen atoms in total. The van der Waals surface area contributed by atoms with Crippen molar-refractivity contribution in [2.75, 3.05) is 10.6 Å². The second-order valence-corrected chi connectivity index (χ2v) is 4.75. The van der Waals surface area contributed by atoms with E-state index in [0.717, 1.165) is 12.1 Å². The minimum absolute atomic E-state index is 0.0663. The van der Waals surface area contributed by atoms with Crippen molar-refractivity contribution in [2.45, 2.75) is 6.92 Å². The molecule has 0 saturated carbocycles. The molecule has 6 heteroatoms. The standard InChI is InChI=1S/C15H12F2N2OS/c1-9(20)10-3-2-4-12(7-10)18-15(21)19-14-6-5-11(16)8-13(14)17/h2-8H,1H3,(H2,18,19,21). The molecule has 2 aromatic carbocycles. The zero-order valence-corrected chi connectivity index (χ0v) is 11.9. The molecule has 0 heterocycles. The van der Waals surface area contributed by atoms with Gasteiger partial charge in [-0.25, -0.2) is 8.78 Å². The molecule has 0 bridgehead atoms. The number of halogens is 2. The second-order valence-electron chi connectivity index (χ2n) is 4.34. The molecule has 2 aromatic rings. The Morgan fingerprint density at radius 2 is 1.86 bits per heavy atom. The predicted octanol–water partition coefficient (Wildman–Crippen LogP) is 3.98. The maximum absolute atomic E-state index is 13.5. The fourth-order valence-electron chi connectivity index (χ4n) is 1.69. The molecule has 0 atom stereocenters. The highest BCUT2D eigenvalue weighted by atomic mass is 32.1. The molecule has 0 aliphatic carbocycles. The van der Waals surface area contributed by atoms with E-state index in [0.29, 0.717) is 11.3 Å². The molecular formula is C15H12F2N2OS. The van der Waals surface area contributed by atoms with Gasteiger partial charge in [-0.2, -0.15) is 0 Å². The number of thiocarbonyl (C=S) groups is 1. The molecule has 108 valence electrons. The first-order valence-electron chi connectivity index (χ1n) is 6.10. The van der Waals surface area contributed by atoms with Crippen LogP contribution < -0.4 is 10.6 Å². The van der Waals surface area contributed by atoms with E-state index in [1.165, 1.54) is 13.0 Å². The van der Waals surface area contributed by atoms with Crippen LogP contribution in [0.15, 0.2) is 42.5 Å². The lowest BCUT2D eigenvalue weighted by molar-refractivity contribution is 0.101. The summed E-state index contributed by atoms with van der Waals surface area (Å²) in [5.41, 5.74) is 1.20. The zero-order chi connectivity index (χ0) is 15.4. The van der Waals surface area contributed by atoms with Crippen molar-refractivity contribution in [1.29, 1.82) is 0 Å². The van der Waals surface area contributed by atoms with E-state index in [1.807, 2.05) is 0 Å². The molecule has 0 unspecified atom stereocenters. The molecular weight excluding hydrogens is 294 g/mol. The average Bonchev–Trinajstić information content (AvgIpc) is 2.42. The van der Waals surface area contributed by atoms with Crippen LogP contribution in [0.1, 0.15) is 17.3 Å². The monoisotopic (exact) mass is 306 g/mol. The van der Waals surface area contributed by atoms with Crippen LogP contribution in [0, 0.1) is 11.6 Å². The molecule has 0 fully saturated rings. The first-order chi connectivity index (χ1) is 9.95. The number of nitrogens with one attached hydrogen (secondary N) is 2. The number of anilines is 2. The van der Waals surface area contributed by atoms with E-state index in [9.17, 15) is 13.6 Å². The number of benzene rings is 2. The number of rotatable bonds is 3. The zero-order valence-electron chi connectivity index (χ0n) is 11.1. The number of ketones is 1. The maximum atomic E-state index is 13.5. The molecule has 2 rings (SSSR count). The van der Waals surface area contributed by atoms with Gasteiger partial charge in [-0.15, -0.1) is 0 Å². The molecule has 2 N–H and O–H groups in total. The van der Waals surface area contributed by atoms with Crippen molar-refractivity contribution in [3.8, 4) is 0 Å². The first-order valence-corrected chi connectivity index (χ1v) is 6.50. The summed E-state index contributed by atoms with van der Waals surface area (Å²) >= 11 is 5.05. The summed E-state index contributed by atoms with van der Waals surface area (Å²) in [5.74, 6) is -1.47. The van der Waals surface area contributed by atoms with Crippen LogP contribution in [0.3, 0.4) is 0 Å². The number of carbonyl (C=O) groups excluding carboxylic acids is 1. The summed E-state index contributed by atoms with van der Waals surface area (Å²) in [6, 6.07) is 9.90.